The van der Waals surface area contributed by atoms with Gasteiger partial charge in [0.25, 0.3) is 0 Å². The first-order valence-corrected chi connectivity index (χ1v) is 8.22. The summed E-state index contributed by atoms with van der Waals surface area (Å²) >= 11 is 0. The van der Waals surface area contributed by atoms with Gasteiger partial charge >= 0.3 is 0 Å². The van der Waals surface area contributed by atoms with Gasteiger partial charge in [-0.2, -0.15) is 9.97 Å². The fourth-order valence-electron chi connectivity index (χ4n) is 2.70. The second-order valence-corrected chi connectivity index (χ2v) is 6.14. The van der Waals surface area contributed by atoms with Crippen LogP contribution in [0.3, 0.4) is 0 Å². The van der Waals surface area contributed by atoms with Crippen LogP contribution in [0.2, 0.25) is 0 Å². The van der Waals surface area contributed by atoms with Crippen molar-refractivity contribution >= 4 is 5.95 Å². The van der Waals surface area contributed by atoms with Crippen LogP contribution in [0.4, 0.5) is 5.95 Å². The molecule has 0 aliphatic carbocycles. The van der Waals surface area contributed by atoms with Crippen LogP contribution >= 0.6 is 0 Å². The standard InChI is InChI=1S/C16H23N5O3/c1-10(2)14-20-15(24-21-14)13(11-5-8-23-9-6-11)19-16-17-7-4-12(18-16)22-3/h4,7,10-11,13H,5-6,8-9H2,1-3H3,(H,17,18,19). The van der Waals surface area contributed by atoms with Crippen LogP contribution in [0.5, 0.6) is 5.88 Å². The first-order chi connectivity index (χ1) is 11.7. The highest BCUT2D eigenvalue weighted by atomic mass is 16.5. The van der Waals surface area contributed by atoms with Crippen molar-refractivity contribution in [2.75, 3.05) is 25.6 Å². The second-order valence-electron chi connectivity index (χ2n) is 6.14. The highest BCUT2D eigenvalue weighted by Crippen LogP contribution is 2.32. The van der Waals surface area contributed by atoms with Crippen molar-refractivity contribution in [1.82, 2.24) is 20.1 Å². The molecule has 1 aliphatic heterocycles. The molecule has 0 saturated carbocycles. The summed E-state index contributed by atoms with van der Waals surface area (Å²) in [6.07, 6.45) is 3.49. The lowest BCUT2D eigenvalue weighted by Crippen LogP contribution is -2.28. The highest BCUT2D eigenvalue weighted by molar-refractivity contribution is 5.30. The van der Waals surface area contributed by atoms with Crippen LogP contribution in [0.25, 0.3) is 0 Å². The number of rotatable bonds is 6. The number of nitrogens with one attached hydrogen (secondary N) is 1. The second kappa shape index (κ2) is 7.57. The first kappa shape index (κ1) is 16.6. The molecule has 0 radical (unpaired) electrons. The quantitative estimate of drug-likeness (QED) is 0.862. The third-order valence-electron chi connectivity index (χ3n) is 4.10. The van der Waals surface area contributed by atoms with Gasteiger partial charge in [0.1, 0.15) is 6.04 Å². The van der Waals surface area contributed by atoms with Crippen molar-refractivity contribution in [2.24, 2.45) is 5.92 Å². The molecule has 2 aromatic heterocycles. The van der Waals surface area contributed by atoms with Crippen LogP contribution in [0.1, 0.15) is 50.4 Å². The molecule has 8 nitrogen and oxygen atoms in total. The van der Waals surface area contributed by atoms with Gasteiger partial charge in [0.05, 0.1) is 7.11 Å². The van der Waals surface area contributed by atoms with Crippen molar-refractivity contribution < 1.29 is 14.0 Å². The molecule has 2 aromatic rings. The molecule has 8 heteroatoms. The number of hydrogen-bond acceptors (Lipinski definition) is 8. The van der Waals surface area contributed by atoms with E-state index in [-0.39, 0.29) is 12.0 Å². The molecule has 1 N–H and O–H groups in total. The maximum atomic E-state index is 5.52. The summed E-state index contributed by atoms with van der Waals surface area (Å²) in [6, 6.07) is 1.55. The molecular weight excluding hydrogens is 310 g/mol. The molecule has 1 fully saturated rings. The van der Waals surface area contributed by atoms with Gasteiger partial charge in [0.15, 0.2) is 5.82 Å². The van der Waals surface area contributed by atoms with Crippen LogP contribution in [0, 0.1) is 5.92 Å². The predicted octanol–water partition coefficient (Wildman–Crippen LogP) is 2.57. The minimum absolute atomic E-state index is 0.152. The lowest BCUT2D eigenvalue weighted by molar-refractivity contribution is 0.0570. The van der Waals surface area contributed by atoms with E-state index in [2.05, 4.69) is 25.4 Å². The van der Waals surface area contributed by atoms with E-state index < -0.39 is 0 Å². The maximum absolute atomic E-state index is 5.52. The van der Waals surface area contributed by atoms with Crippen LogP contribution < -0.4 is 10.1 Å². The largest absolute Gasteiger partial charge is 0.481 e. The normalized spacial score (nSPS) is 17.0. The van der Waals surface area contributed by atoms with Crippen molar-refractivity contribution in [1.29, 1.82) is 0 Å². The average Bonchev–Trinajstić information content (AvgIpc) is 3.11. The van der Waals surface area contributed by atoms with Gasteiger partial charge in [-0.25, -0.2) is 4.98 Å². The summed E-state index contributed by atoms with van der Waals surface area (Å²) in [7, 11) is 1.58. The van der Waals surface area contributed by atoms with E-state index in [0.29, 0.717) is 29.5 Å². The van der Waals surface area contributed by atoms with Crippen LogP contribution in [-0.2, 0) is 4.74 Å². The number of methoxy groups -OCH3 is 1. The average molecular weight is 333 g/mol. The molecule has 0 spiro atoms. The van der Waals surface area contributed by atoms with Crippen LogP contribution in [-0.4, -0.2) is 40.4 Å². The minimum Gasteiger partial charge on any atom is -0.481 e. The highest BCUT2D eigenvalue weighted by Gasteiger charge is 2.31. The Bertz CT molecular complexity index is 655. The van der Waals surface area contributed by atoms with Gasteiger partial charge in [-0.1, -0.05) is 19.0 Å². The van der Waals surface area contributed by atoms with Gasteiger partial charge < -0.3 is 19.3 Å². The first-order valence-electron chi connectivity index (χ1n) is 8.22. The van der Waals surface area contributed by atoms with E-state index in [9.17, 15) is 0 Å². The number of aromatic nitrogens is 4. The molecule has 3 rings (SSSR count). The van der Waals surface area contributed by atoms with Gasteiger partial charge in [-0.3, -0.25) is 0 Å². The van der Waals surface area contributed by atoms with E-state index in [1.807, 2.05) is 13.8 Å². The Morgan fingerprint density at radius 2 is 2.04 bits per heavy atom. The molecule has 130 valence electrons. The molecule has 0 bridgehead atoms. The van der Waals surface area contributed by atoms with Gasteiger partial charge in [0, 0.05) is 31.4 Å². The summed E-state index contributed by atoms with van der Waals surface area (Å²) in [5.41, 5.74) is 0. The maximum Gasteiger partial charge on any atom is 0.249 e. The molecule has 1 saturated heterocycles. The van der Waals surface area contributed by atoms with Gasteiger partial charge in [0.2, 0.25) is 17.7 Å². The van der Waals surface area contributed by atoms with E-state index in [0.717, 1.165) is 26.1 Å². The molecule has 1 unspecified atom stereocenters. The zero-order valence-electron chi connectivity index (χ0n) is 14.2. The van der Waals surface area contributed by atoms with Crippen LogP contribution in [0.15, 0.2) is 16.8 Å². The molecule has 3 heterocycles. The third-order valence-corrected chi connectivity index (χ3v) is 4.10. The van der Waals surface area contributed by atoms with E-state index >= 15 is 0 Å². The zero-order valence-corrected chi connectivity index (χ0v) is 14.2. The summed E-state index contributed by atoms with van der Waals surface area (Å²) in [6.45, 7) is 5.54. The zero-order chi connectivity index (χ0) is 16.9. The number of anilines is 1. The lowest BCUT2D eigenvalue weighted by atomic mass is 9.91. The summed E-state index contributed by atoms with van der Waals surface area (Å²) in [4.78, 5) is 13.1. The lowest BCUT2D eigenvalue weighted by Gasteiger charge is -2.28. The SMILES string of the molecule is COc1ccnc(NC(c2nc(C(C)C)no2)C2CCOCC2)n1. The third kappa shape index (κ3) is 3.81. The molecule has 0 amide bonds. The van der Waals surface area contributed by atoms with Crippen molar-refractivity contribution in [3.05, 3.63) is 24.0 Å². The van der Waals surface area contributed by atoms with Gasteiger partial charge in [-0.15, -0.1) is 0 Å². The molecule has 0 aromatic carbocycles. The van der Waals surface area contributed by atoms with Gasteiger partial charge in [-0.05, 0) is 18.8 Å². The Labute approximate surface area is 141 Å². The monoisotopic (exact) mass is 333 g/mol. The van der Waals surface area contributed by atoms with E-state index in [1.165, 1.54) is 0 Å². The summed E-state index contributed by atoms with van der Waals surface area (Å²) in [5, 5.41) is 7.42. The fourth-order valence-corrected chi connectivity index (χ4v) is 2.70. The Balaban J connectivity index is 1.85. The minimum atomic E-state index is -0.152. The Hall–Kier alpha value is -2.22. The Morgan fingerprint density at radius 1 is 1.25 bits per heavy atom. The van der Waals surface area contributed by atoms with E-state index in [4.69, 9.17) is 14.0 Å². The number of ether oxygens (including phenoxy) is 2. The van der Waals surface area contributed by atoms with E-state index in [1.54, 1.807) is 19.4 Å². The Morgan fingerprint density at radius 3 is 2.71 bits per heavy atom. The van der Waals surface area contributed by atoms with Crippen molar-refractivity contribution in [3.63, 3.8) is 0 Å². The Kier molecular flexibility index (Phi) is 5.24. The molecule has 1 atom stereocenters. The number of hydrogen-bond donors (Lipinski definition) is 1. The fraction of sp³-hybridized carbons (Fsp3) is 0.625. The molecule has 24 heavy (non-hydrogen) atoms. The number of nitrogens with zero attached hydrogens (tertiary/aromatic N) is 4. The summed E-state index contributed by atoms with van der Waals surface area (Å²) in [5.74, 6) is 2.79. The topological polar surface area (TPSA) is 95.2 Å². The summed E-state index contributed by atoms with van der Waals surface area (Å²) < 4.78 is 16.1. The molecule has 1 aliphatic rings. The smallest absolute Gasteiger partial charge is 0.249 e. The molecular formula is C16H23N5O3. The van der Waals surface area contributed by atoms with Crippen molar-refractivity contribution in [2.45, 2.75) is 38.6 Å². The van der Waals surface area contributed by atoms with Crippen molar-refractivity contribution in [3.8, 4) is 5.88 Å². The predicted molar refractivity (Wildman–Crippen MR) is 86.9 cm³/mol.